The lowest BCUT2D eigenvalue weighted by atomic mass is 9.87. The minimum absolute atomic E-state index is 0.385. The van der Waals surface area contributed by atoms with Crippen LogP contribution in [0.5, 0.6) is 0 Å². The third-order valence-corrected chi connectivity index (χ3v) is 2.13. The van der Waals surface area contributed by atoms with E-state index in [1.54, 1.807) is 0 Å². The summed E-state index contributed by atoms with van der Waals surface area (Å²) >= 11 is 0. The lowest BCUT2D eigenvalue weighted by Gasteiger charge is -2.17. The van der Waals surface area contributed by atoms with Crippen LogP contribution in [-0.4, -0.2) is 0 Å². The largest absolute Gasteiger partial charge is 0.0748 e. The van der Waals surface area contributed by atoms with E-state index in [1.165, 1.54) is 19.3 Å². The summed E-state index contributed by atoms with van der Waals surface area (Å²) in [7, 11) is 0. The zero-order valence-corrected chi connectivity index (χ0v) is 6.93. The average Bonchev–Trinajstić information content (AvgIpc) is 2.33. The molecular formula is C10H16. The van der Waals surface area contributed by atoms with Crippen molar-refractivity contribution >= 4 is 0 Å². The lowest BCUT2D eigenvalue weighted by molar-refractivity contribution is 0.480. The highest BCUT2D eigenvalue weighted by molar-refractivity contribution is 5.23. The predicted molar refractivity (Wildman–Crippen MR) is 45.9 cm³/mol. The Morgan fingerprint density at radius 1 is 1.20 bits per heavy atom. The Kier molecular flexibility index (Phi) is 2.31. The van der Waals surface area contributed by atoms with Crippen molar-refractivity contribution in [3.05, 3.63) is 24.3 Å². The maximum atomic E-state index is 2.29. The number of allylic oxidation sites excluding steroid dienone is 4. The van der Waals surface area contributed by atoms with Gasteiger partial charge in [-0.25, -0.2) is 0 Å². The van der Waals surface area contributed by atoms with Crippen molar-refractivity contribution in [3.8, 4) is 0 Å². The zero-order chi connectivity index (χ0) is 7.45. The highest BCUT2D eigenvalue weighted by atomic mass is 14.2. The lowest BCUT2D eigenvalue weighted by Crippen LogP contribution is -2.06. The van der Waals surface area contributed by atoms with Crippen LogP contribution in [0.4, 0.5) is 0 Å². The number of unbranched alkanes of at least 4 members (excludes halogenated alkanes) is 1. The molecule has 1 aliphatic rings. The maximum Gasteiger partial charge on any atom is 0.00389 e. The second-order valence-corrected chi connectivity index (χ2v) is 3.33. The molecule has 0 saturated heterocycles. The van der Waals surface area contributed by atoms with E-state index in [9.17, 15) is 0 Å². The van der Waals surface area contributed by atoms with Crippen LogP contribution in [-0.2, 0) is 0 Å². The Labute approximate surface area is 63.6 Å². The van der Waals surface area contributed by atoms with Crippen LogP contribution in [0.1, 0.15) is 33.1 Å². The van der Waals surface area contributed by atoms with Gasteiger partial charge < -0.3 is 0 Å². The first kappa shape index (κ1) is 7.59. The molecular weight excluding hydrogens is 120 g/mol. The Morgan fingerprint density at radius 2 is 1.80 bits per heavy atom. The fraction of sp³-hybridized carbons (Fsp3) is 0.600. The molecule has 0 N–H and O–H groups in total. The van der Waals surface area contributed by atoms with Gasteiger partial charge in [0, 0.05) is 5.41 Å². The van der Waals surface area contributed by atoms with Gasteiger partial charge in [-0.05, 0) is 6.42 Å². The Balaban J connectivity index is 2.38. The van der Waals surface area contributed by atoms with E-state index >= 15 is 0 Å². The third kappa shape index (κ3) is 1.73. The summed E-state index contributed by atoms with van der Waals surface area (Å²) < 4.78 is 0. The van der Waals surface area contributed by atoms with Crippen LogP contribution in [0.2, 0.25) is 0 Å². The van der Waals surface area contributed by atoms with Crippen molar-refractivity contribution in [2.75, 3.05) is 0 Å². The van der Waals surface area contributed by atoms with Crippen LogP contribution in [0, 0.1) is 5.41 Å². The number of hydrogen-bond acceptors (Lipinski definition) is 0. The molecule has 0 bridgehead atoms. The fourth-order valence-electron chi connectivity index (χ4n) is 1.33. The van der Waals surface area contributed by atoms with Crippen LogP contribution < -0.4 is 0 Å². The molecule has 56 valence electrons. The molecule has 0 heteroatoms. The van der Waals surface area contributed by atoms with Crippen molar-refractivity contribution in [2.24, 2.45) is 5.41 Å². The summed E-state index contributed by atoms with van der Waals surface area (Å²) in [6.07, 6.45) is 12.8. The normalized spacial score (nSPS) is 20.2. The van der Waals surface area contributed by atoms with Crippen molar-refractivity contribution < 1.29 is 0 Å². The van der Waals surface area contributed by atoms with Crippen molar-refractivity contribution in [2.45, 2.75) is 33.1 Å². The molecule has 0 unspecified atom stereocenters. The van der Waals surface area contributed by atoms with Gasteiger partial charge in [0.2, 0.25) is 0 Å². The van der Waals surface area contributed by atoms with Gasteiger partial charge in [-0.2, -0.15) is 0 Å². The summed E-state index contributed by atoms with van der Waals surface area (Å²) in [4.78, 5) is 0. The van der Waals surface area contributed by atoms with Gasteiger partial charge in [-0.15, -0.1) is 0 Å². The van der Waals surface area contributed by atoms with Crippen LogP contribution in [0.25, 0.3) is 0 Å². The molecule has 0 fully saturated rings. The quantitative estimate of drug-likeness (QED) is 0.558. The van der Waals surface area contributed by atoms with E-state index in [4.69, 9.17) is 0 Å². The minimum atomic E-state index is 0.385. The molecule has 0 radical (unpaired) electrons. The van der Waals surface area contributed by atoms with E-state index in [0.29, 0.717) is 5.41 Å². The van der Waals surface area contributed by atoms with E-state index in [-0.39, 0.29) is 0 Å². The van der Waals surface area contributed by atoms with E-state index in [2.05, 4.69) is 38.2 Å². The first-order valence-corrected chi connectivity index (χ1v) is 4.14. The molecule has 0 aromatic rings. The molecule has 0 aromatic carbocycles. The van der Waals surface area contributed by atoms with Crippen molar-refractivity contribution in [1.29, 1.82) is 0 Å². The second-order valence-electron chi connectivity index (χ2n) is 3.33. The molecule has 1 rings (SSSR count). The summed E-state index contributed by atoms with van der Waals surface area (Å²) in [6.45, 7) is 4.54. The topological polar surface area (TPSA) is 0 Å². The zero-order valence-electron chi connectivity index (χ0n) is 6.93. The minimum Gasteiger partial charge on any atom is -0.0748 e. The van der Waals surface area contributed by atoms with Crippen LogP contribution in [0.15, 0.2) is 24.3 Å². The van der Waals surface area contributed by atoms with Gasteiger partial charge in [0.25, 0.3) is 0 Å². The van der Waals surface area contributed by atoms with Gasteiger partial charge >= 0.3 is 0 Å². The number of hydrogen-bond donors (Lipinski definition) is 0. The maximum absolute atomic E-state index is 2.29. The summed E-state index contributed by atoms with van der Waals surface area (Å²) in [5, 5.41) is 0. The fourth-order valence-corrected chi connectivity index (χ4v) is 1.33. The summed E-state index contributed by atoms with van der Waals surface area (Å²) in [6, 6.07) is 0. The Bertz CT molecular complexity index is 139. The summed E-state index contributed by atoms with van der Waals surface area (Å²) in [5.41, 5.74) is 0.385. The predicted octanol–water partition coefficient (Wildman–Crippen LogP) is 3.31. The molecule has 0 saturated carbocycles. The molecule has 10 heavy (non-hydrogen) atoms. The molecule has 0 atom stereocenters. The third-order valence-electron chi connectivity index (χ3n) is 2.13. The SMILES string of the molecule is CCCCC1(C)C=CC=C1. The highest BCUT2D eigenvalue weighted by Crippen LogP contribution is 2.30. The summed E-state index contributed by atoms with van der Waals surface area (Å²) in [5.74, 6) is 0. The van der Waals surface area contributed by atoms with Crippen molar-refractivity contribution in [1.82, 2.24) is 0 Å². The molecule has 1 aliphatic carbocycles. The number of rotatable bonds is 3. The van der Waals surface area contributed by atoms with Gasteiger partial charge in [0.05, 0.1) is 0 Å². The van der Waals surface area contributed by atoms with E-state index in [1.807, 2.05) is 0 Å². The first-order valence-electron chi connectivity index (χ1n) is 4.14. The molecule has 0 heterocycles. The van der Waals surface area contributed by atoms with E-state index < -0.39 is 0 Å². The second kappa shape index (κ2) is 3.05. The van der Waals surface area contributed by atoms with Gasteiger partial charge in [0.15, 0.2) is 0 Å². The monoisotopic (exact) mass is 136 g/mol. The average molecular weight is 136 g/mol. The highest BCUT2D eigenvalue weighted by Gasteiger charge is 2.17. The van der Waals surface area contributed by atoms with Gasteiger partial charge in [0.1, 0.15) is 0 Å². The molecule has 0 aromatic heterocycles. The molecule has 0 aliphatic heterocycles. The smallest absolute Gasteiger partial charge is 0.00389 e. The van der Waals surface area contributed by atoms with E-state index in [0.717, 1.165) is 0 Å². The van der Waals surface area contributed by atoms with Gasteiger partial charge in [-0.3, -0.25) is 0 Å². The molecule has 0 amide bonds. The Morgan fingerprint density at radius 3 is 2.30 bits per heavy atom. The van der Waals surface area contributed by atoms with Gasteiger partial charge in [-0.1, -0.05) is 51.0 Å². The van der Waals surface area contributed by atoms with Crippen LogP contribution >= 0.6 is 0 Å². The van der Waals surface area contributed by atoms with Crippen molar-refractivity contribution in [3.63, 3.8) is 0 Å². The first-order chi connectivity index (χ1) is 4.77. The molecule has 0 spiro atoms. The van der Waals surface area contributed by atoms with Crippen LogP contribution in [0.3, 0.4) is 0 Å². The molecule has 0 nitrogen and oxygen atoms in total. The Hall–Kier alpha value is -0.520. The standard InChI is InChI=1S/C10H16/c1-3-4-7-10(2)8-5-6-9-10/h5-6,8-9H,3-4,7H2,1-2H3.